The summed E-state index contributed by atoms with van der Waals surface area (Å²) in [7, 11) is 1.68. The molecule has 4 heteroatoms. The zero-order valence-electron chi connectivity index (χ0n) is 11.0. The van der Waals surface area contributed by atoms with E-state index in [4.69, 9.17) is 16.3 Å². The Hall–Kier alpha value is -0.640. The van der Waals surface area contributed by atoms with Crippen molar-refractivity contribution in [1.29, 1.82) is 0 Å². The van der Waals surface area contributed by atoms with Crippen LogP contribution in [-0.4, -0.2) is 26.8 Å². The Morgan fingerprint density at radius 2 is 2.22 bits per heavy atom. The summed E-state index contributed by atoms with van der Waals surface area (Å²) in [6.45, 7) is 4.50. The third kappa shape index (κ3) is 5.34. The minimum atomic E-state index is -0.172. The molecule has 0 saturated heterocycles. The summed E-state index contributed by atoms with van der Waals surface area (Å²) in [6.07, 6.45) is 1.72. The highest BCUT2D eigenvalue weighted by Crippen LogP contribution is 2.19. The summed E-state index contributed by atoms with van der Waals surface area (Å²) in [5.41, 5.74) is 0.697. The maximum atomic E-state index is 13.6. The van der Waals surface area contributed by atoms with Gasteiger partial charge in [0.1, 0.15) is 5.82 Å². The number of hydrogen-bond acceptors (Lipinski definition) is 2. The van der Waals surface area contributed by atoms with E-state index in [-0.39, 0.29) is 5.82 Å². The molecule has 0 aromatic heterocycles. The molecular formula is C14H21ClFNO. The lowest BCUT2D eigenvalue weighted by Crippen LogP contribution is -2.27. The lowest BCUT2D eigenvalue weighted by Gasteiger charge is -2.16. The molecule has 1 N–H and O–H groups in total. The summed E-state index contributed by atoms with van der Waals surface area (Å²) < 4.78 is 18.6. The van der Waals surface area contributed by atoms with Crippen molar-refractivity contribution in [2.45, 2.75) is 19.8 Å². The Labute approximate surface area is 113 Å². The highest BCUT2D eigenvalue weighted by Gasteiger charge is 2.11. The number of halogens is 2. The van der Waals surface area contributed by atoms with Gasteiger partial charge >= 0.3 is 0 Å². The number of methoxy groups -OCH3 is 1. The van der Waals surface area contributed by atoms with Gasteiger partial charge in [-0.25, -0.2) is 4.39 Å². The molecule has 18 heavy (non-hydrogen) atoms. The second-order valence-electron chi connectivity index (χ2n) is 4.41. The van der Waals surface area contributed by atoms with Crippen LogP contribution in [0, 0.1) is 11.7 Å². The summed E-state index contributed by atoms with van der Waals surface area (Å²) in [5.74, 6) is 0.240. The Morgan fingerprint density at radius 3 is 2.89 bits per heavy atom. The molecule has 102 valence electrons. The van der Waals surface area contributed by atoms with Crippen molar-refractivity contribution in [3.63, 3.8) is 0 Å². The number of rotatable bonds is 8. The highest BCUT2D eigenvalue weighted by atomic mass is 35.5. The van der Waals surface area contributed by atoms with Crippen molar-refractivity contribution in [1.82, 2.24) is 5.32 Å². The van der Waals surface area contributed by atoms with Crippen LogP contribution in [0.2, 0.25) is 5.02 Å². The van der Waals surface area contributed by atoms with Crippen LogP contribution < -0.4 is 5.32 Å². The maximum absolute atomic E-state index is 13.6. The molecule has 0 saturated carbocycles. The van der Waals surface area contributed by atoms with E-state index < -0.39 is 0 Å². The third-order valence-electron chi connectivity index (χ3n) is 3.01. The lowest BCUT2D eigenvalue weighted by molar-refractivity contribution is 0.197. The van der Waals surface area contributed by atoms with Crippen LogP contribution in [0.3, 0.4) is 0 Å². The van der Waals surface area contributed by atoms with Crippen LogP contribution in [0.25, 0.3) is 0 Å². The minimum Gasteiger partial charge on any atom is -0.383 e. The molecule has 2 nitrogen and oxygen atoms in total. The van der Waals surface area contributed by atoms with Gasteiger partial charge in [-0.3, -0.25) is 0 Å². The number of hydrogen-bond donors (Lipinski definition) is 1. The molecule has 1 atom stereocenters. The van der Waals surface area contributed by atoms with Crippen LogP contribution in [0.4, 0.5) is 4.39 Å². The first-order valence-corrected chi connectivity index (χ1v) is 6.68. The van der Waals surface area contributed by atoms with Crippen LogP contribution in [0.15, 0.2) is 18.2 Å². The Morgan fingerprint density at radius 1 is 1.44 bits per heavy atom. The fourth-order valence-electron chi connectivity index (χ4n) is 1.85. The Bertz CT molecular complexity index is 360. The van der Waals surface area contributed by atoms with Crippen molar-refractivity contribution in [2.24, 2.45) is 5.92 Å². The van der Waals surface area contributed by atoms with Gasteiger partial charge in [0.2, 0.25) is 0 Å². The van der Waals surface area contributed by atoms with E-state index in [0.29, 0.717) is 29.5 Å². The summed E-state index contributed by atoms with van der Waals surface area (Å²) in [6, 6.07) is 4.73. The van der Waals surface area contributed by atoms with E-state index >= 15 is 0 Å². The molecule has 0 bridgehead atoms. The average Bonchev–Trinajstić information content (AvgIpc) is 2.37. The SMILES string of the molecule is CCC(CNCCOC)Cc1cc(Cl)ccc1F. The third-order valence-corrected chi connectivity index (χ3v) is 3.24. The Kier molecular flexibility index (Phi) is 7.25. The van der Waals surface area contributed by atoms with Gasteiger partial charge in [-0.2, -0.15) is 0 Å². The van der Waals surface area contributed by atoms with Crippen molar-refractivity contribution in [3.05, 3.63) is 34.6 Å². The van der Waals surface area contributed by atoms with E-state index in [9.17, 15) is 4.39 Å². The topological polar surface area (TPSA) is 21.3 Å². The second-order valence-corrected chi connectivity index (χ2v) is 4.85. The number of nitrogens with one attached hydrogen (secondary N) is 1. The smallest absolute Gasteiger partial charge is 0.126 e. The molecule has 1 unspecified atom stereocenters. The molecule has 1 aromatic carbocycles. The maximum Gasteiger partial charge on any atom is 0.126 e. The molecule has 0 aliphatic heterocycles. The van der Waals surface area contributed by atoms with Gasteiger partial charge in [0, 0.05) is 18.7 Å². The standard InChI is InChI=1S/C14H21ClFNO/c1-3-11(10-17-6-7-18-2)8-12-9-13(15)4-5-14(12)16/h4-5,9,11,17H,3,6-8,10H2,1-2H3. The molecule has 0 aliphatic rings. The molecular weight excluding hydrogens is 253 g/mol. The fourth-order valence-corrected chi connectivity index (χ4v) is 2.05. The van der Waals surface area contributed by atoms with Crippen LogP contribution in [0.5, 0.6) is 0 Å². The van der Waals surface area contributed by atoms with Crippen molar-refractivity contribution < 1.29 is 9.13 Å². The van der Waals surface area contributed by atoms with Gasteiger partial charge < -0.3 is 10.1 Å². The van der Waals surface area contributed by atoms with Crippen LogP contribution in [-0.2, 0) is 11.2 Å². The molecule has 1 rings (SSSR count). The molecule has 0 aliphatic carbocycles. The van der Waals surface area contributed by atoms with Crippen molar-refractivity contribution >= 4 is 11.6 Å². The van der Waals surface area contributed by atoms with Crippen molar-refractivity contribution in [2.75, 3.05) is 26.8 Å². The van der Waals surface area contributed by atoms with E-state index in [2.05, 4.69) is 12.2 Å². The molecule has 0 fully saturated rings. The van der Waals surface area contributed by atoms with Gasteiger partial charge in [-0.05, 0) is 42.6 Å². The van der Waals surface area contributed by atoms with Gasteiger partial charge in [0.05, 0.1) is 6.61 Å². The summed E-state index contributed by atoms with van der Waals surface area (Å²) in [5, 5.41) is 3.90. The van der Waals surface area contributed by atoms with E-state index in [1.54, 1.807) is 19.2 Å². The predicted molar refractivity (Wildman–Crippen MR) is 73.6 cm³/mol. The van der Waals surface area contributed by atoms with Gasteiger partial charge in [-0.15, -0.1) is 0 Å². The zero-order valence-corrected chi connectivity index (χ0v) is 11.8. The average molecular weight is 274 g/mol. The number of ether oxygens (including phenoxy) is 1. The van der Waals surface area contributed by atoms with Gasteiger partial charge in [0.15, 0.2) is 0 Å². The second kappa shape index (κ2) is 8.46. The first kappa shape index (κ1) is 15.4. The minimum absolute atomic E-state index is 0.172. The van der Waals surface area contributed by atoms with E-state index in [0.717, 1.165) is 19.5 Å². The highest BCUT2D eigenvalue weighted by molar-refractivity contribution is 6.30. The van der Waals surface area contributed by atoms with Crippen molar-refractivity contribution in [3.8, 4) is 0 Å². The fraction of sp³-hybridized carbons (Fsp3) is 0.571. The normalized spacial score (nSPS) is 12.7. The largest absolute Gasteiger partial charge is 0.383 e. The molecule has 0 amide bonds. The van der Waals surface area contributed by atoms with Crippen LogP contribution >= 0.6 is 11.6 Å². The predicted octanol–water partition coefficient (Wildman–Crippen LogP) is 3.28. The van der Waals surface area contributed by atoms with Gasteiger partial charge in [0.25, 0.3) is 0 Å². The summed E-state index contributed by atoms with van der Waals surface area (Å²) >= 11 is 5.89. The molecule has 1 aromatic rings. The van der Waals surface area contributed by atoms with Crippen LogP contribution in [0.1, 0.15) is 18.9 Å². The molecule has 0 radical (unpaired) electrons. The van der Waals surface area contributed by atoms with Gasteiger partial charge in [-0.1, -0.05) is 24.9 Å². The summed E-state index contributed by atoms with van der Waals surface area (Å²) in [4.78, 5) is 0. The van der Waals surface area contributed by atoms with E-state index in [1.165, 1.54) is 6.07 Å². The quantitative estimate of drug-likeness (QED) is 0.734. The monoisotopic (exact) mass is 273 g/mol. The lowest BCUT2D eigenvalue weighted by atomic mass is 9.96. The molecule has 0 spiro atoms. The first-order chi connectivity index (χ1) is 8.67. The number of benzene rings is 1. The zero-order chi connectivity index (χ0) is 13.4. The Balaban J connectivity index is 2.48. The first-order valence-electron chi connectivity index (χ1n) is 6.31. The van der Waals surface area contributed by atoms with E-state index in [1.807, 2.05) is 0 Å². The molecule has 0 heterocycles.